The second-order valence-electron chi connectivity index (χ2n) is 8.32. The van der Waals surface area contributed by atoms with Crippen molar-refractivity contribution < 1.29 is 14.7 Å². The first-order valence-corrected chi connectivity index (χ1v) is 11.6. The zero-order chi connectivity index (χ0) is 23.8. The fourth-order valence-corrected chi connectivity index (χ4v) is 3.96. The first kappa shape index (κ1) is 24.2. The van der Waals surface area contributed by atoms with Gasteiger partial charge in [-0.1, -0.05) is 63.4 Å². The number of hydrogen-bond donors (Lipinski definition) is 1. The van der Waals surface area contributed by atoms with Crippen molar-refractivity contribution in [2.45, 2.75) is 58.9 Å². The Hall–Kier alpha value is -3.48. The van der Waals surface area contributed by atoms with E-state index in [9.17, 15) is 14.7 Å². The van der Waals surface area contributed by atoms with Gasteiger partial charge >= 0.3 is 5.97 Å². The maximum atomic E-state index is 13.3. The molecule has 0 aliphatic heterocycles. The van der Waals surface area contributed by atoms with Crippen molar-refractivity contribution >= 4 is 11.9 Å². The van der Waals surface area contributed by atoms with Crippen LogP contribution >= 0.6 is 0 Å². The van der Waals surface area contributed by atoms with Crippen molar-refractivity contribution in [3.8, 4) is 16.9 Å². The molecule has 1 N–H and O–H groups in total. The first-order valence-electron chi connectivity index (χ1n) is 11.6. The molecule has 7 nitrogen and oxygen atoms in total. The van der Waals surface area contributed by atoms with E-state index in [2.05, 4.69) is 23.9 Å². The fourth-order valence-electron chi connectivity index (χ4n) is 3.96. The van der Waals surface area contributed by atoms with Crippen molar-refractivity contribution in [2.24, 2.45) is 0 Å². The highest BCUT2D eigenvalue weighted by Gasteiger charge is 2.31. The molecule has 0 bridgehead atoms. The number of pyridine rings is 1. The number of aryl methyl sites for hydroxylation is 1. The van der Waals surface area contributed by atoms with Crippen molar-refractivity contribution in [1.82, 2.24) is 19.7 Å². The summed E-state index contributed by atoms with van der Waals surface area (Å²) < 4.78 is 1.70. The normalized spacial score (nSPS) is 13.3. The number of carboxylic acid groups (broad SMARTS) is 1. The number of benzene rings is 1. The Balaban J connectivity index is 0.000000968. The van der Waals surface area contributed by atoms with Crippen LogP contribution in [-0.2, 0) is 4.79 Å². The topological polar surface area (TPSA) is 88.3 Å². The Morgan fingerprint density at radius 2 is 1.76 bits per heavy atom. The first-order chi connectivity index (χ1) is 15.9. The number of nitrogens with zero attached hydrogens (tertiary/aromatic N) is 4. The largest absolute Gasteiger partial charge is 0.480 e. The highest BCUT2D eigenvalue weighted by Crippen LogP contribution is 2.27. The average Bonchev–Trinajstić information content (AvgIpc) is 3.49. The van der Waals surface area contributed by atoms with E-state index in [4.69, 9.17) is 0 Å². The minimum absolute atomic E-state index is 0.0556. The Morgan fingerprint density at radius 1 is 1.09 bits per heavy atom. The quantitative estimate of drug-likeness (QED) is 0.565. The molecule has 1 aliphatic carbocycles. The third-order valence-electron chi connectivity index (χ3n) is 5.47. The molecular weight excluding hydrogens is 416 g/mol. The number of aromatic nitrogens is 3. The van der Waals surface area contributed by atoms with Crippen molar-refractivity contribution in [1.29, 1.82) is 0 Å². The predicted molar refractivity (Wildman–Crippen MR) is 128 cm³/mol. The molecule has 0 atom stereocenters. The van der Waals surface area contributed by atoms with Gasteiger partial charge in [0.1, 0.15) is 6.54 Å². The molecule has 2 heterocycles. The third kappa shape index (κ3) is 6.06. The van der Waals surface area contributed by atoms with Crippen LogP contribution < -0.4 is 0 Å². The van der Waals surface area contributed by atoms with E-state index in [1.54, 1.807) is 16.9 Å². The van der Waals surface area contributed by atoms with E-state index in [0.29, 0.717) is 0 Å². The van der Waals surface area contributed by atoms with Crippen LogP contribution in [0.2, 0.25) is 0 Å². The van der Waals surface area contributed by atoms with Crippen molar-refractivity contribution in [2.75, 3.05) is 6.54 Å². The zero-order valence-electron chi connectivity index (χ0n) is 19.6. The molecule has 174 valence electrons. The van der Waals surface area contributed by atoms with E-state index in [-0.39, 0.29) is 24.2 Å². The minimum atomic E-state index is -1.01. The zero-order valence-corrected chi connectivity index (χ0v) is 19.6. The lowest BCUT2D eigenvalue weighted by atomic mass is 10.1. The maximum absolute atomic E-state index is 13.3. The summed E-state index contributed by atoms with van der Waals surface area (Å²) in [4.78, 5) is 30.6. The lowest BCUT2D eigenvalue weighted by molar-refractivity contribution is -0.138. The molecule has 0 spiro atoms. The highest BCUT2D eigenvalue weighted by atomic mass is 16.4. The summed E-state index contributed by atoms with van der Waals surface area (Å²) in [6.45, 7) is 5.84. The van der Waals surface area contributed by atoms with Gasteiger partial charge in [0.2, 0.25) is 0 Å². The van der Waals surface area contributed by atoms with E-state index >= 15 is 0 Å². The molecule has 3 aromatic rings. The Kier molecular flexibility index (Phi) is 8.35. The van der Waals surface area contributed by atoms with Crippen LogP contribution in [0.5, 0.6) is 0 Å². The molecule has 1 aliphatic rings. The average molecular weight is 449 g/mol. The monoisotopic (exact) mass is 448 g/mol. The number of carboxylic acids is 1. The summed E-state index contributed by atoms with van der Waals surface area (Å²) in [5.41, 5.74) is 3.53. The number of aliphatic carboxylic acids is 1. The van der Waals surface area contributed by atoms with E-state index < -0.39 is 5.97 Å². The highest BCUT2D eigenvalue weighted by molar-refractivity contribution is 5.95. The molecule has 33 heavy (non-hydrogen) atoms. The third-order valence-corrected chi connectivity index (χ3v) is 5.47. The molecule has 4 rings (SSSR count). The van der Waals surface area contributed by atoms with Gasteiger partial charge in [0.05, 0.1) is 17.6 Å². The van der Waals surface area contributed by atoms with E-state index in [1.165, 1.54) is 11.3 Å². The van der Waals surface area contributed by atoms with Gasteiger partial charge in [0, 0.05) is 17.3 Å². The van der Waals surface area contributed by atoms with E-state index in [0.717, 1.165) is 48.3 Å². The van der Waals surface area contributed by atoms with Crippen LogP contribution in [0.1, 0.15) is 62.1 Å². The smallest absolute Gasteiger partial charge is 0.323 e. The van der Waals surface area contributed by atoms with E-state index in [1.807, 2.05) is 49.4 Å². The second-order valence-corrected chi connectivity index (χ2v) is 8.32. The Labute approximate surface area is 195 Å². The van der Waals surface area contributed by atoms with Crippen LogP contribution in [0, 0.1) is 6.92 Å². The number of carbonyl (C=O) groups excluding carboxylic acids is 1. The molecule has 0 radical (unpaired) electrons. The summed E-state index contributed by atoms with van der Waals surface area (Å²) in [7, 11) is 0. The van der Waals surface area contributed by atoms with Crippen LogP contribution in [-0.4, -0.2) is 49.2 Å². The number of amides is 1. The van der Waals surface area contributed by atoms with Gasteiger partial charge in [0.15, 0.2) is 5.69 Å². The SMILES string of the molecule is CCC.Cc1ccc(-n2nc(C(=O)N(CC(=O)O)C3CCCC3)cc2-c2ccccc2)cn1. The fraction of sp³-hybridized carbons (Fsp3) is 0.385. The van der Waals surface area contributed by atoms with Crippen LogP contribution in [0.15, 0.2) is 54.7 Å². The van der Waals surface area contributed by atoms with Crippen molar-refractivity contribution in [3.05, 3.63) is 66.1 Å². The molecule has 1 fully saturated rings. The Morgan fingerprint density at radius 3 is 2.33 bits per heavy atom. The maximum Gasteiger partial charge on any atom is 0.323 e. The lowest BCUT2D eigenvalue weighted by Crippen LogP contribution is -2.42. The van der Waals surface area contributed by atoms with Gasteiger partial charge in [0.25, 0.3) is 5.91 Å². The number of carbonyl (C=O) groups is 2. The van der Waals surface area contributed by atoms with Gasteiger partial charge < -0.3 is 10.0 Å². The molecule has 7 heteroatoms. The summed E-state index contributed by atoms with van der Waals surface area (Å²) in [6.07, 6.45) is 6.63. The second kappa shape index (κ2) is 11.4. The van der Waals surface area contributed by atoms with Crippen molar-refractivity contribution in [3.63, 3.8) is 0 Å². The predicted octanol–water partition coefficient (Wildman–Crippen LogP) is 5.13. The number of hydrogen-bond acceptors (Lipinski definition) is 4. The van der Waals surface area contributed by atoms with Crippen LogP contribution in [0.25, 0.3) is 16.9 Å². The Bertz CT molecular complexity index is 1050. The van der Waals surface area contributed by atoms with Gasteiger partial charge in [-0.25, -0.2) is 4.68 Å². The molecule has 1 amide bonds. The molecule has 0 saturated heterocycles. The standard InChI is InChI=1S/C23H24N4O3.C3H8/c1-16-11-12-19(14-24-16)27-21(17-7-3-2-4-8-17)13-20(25-27)23(30)26(15-22(28)29)18-9-5-6-10-18;1-3-2/h2-4,7-8,11-14,18H,5-6,9-10,15H2,1H3,(H,28,29);3H2,1-2H3. The summed E-state index contributed by atoms with van der Waals surface area (Å²) in [5.74, 6) is -1.36. The molecule has 1 aromatic carbocycles. The van der Waals surface area contributed by atoms with Gasteiger partial charge in [-0.15, -0.1) is 0 Å². The van der Waals surface area contributed by atoms with Gasteiger partial charge in [-0.3, -0.25) is 14.6 Å². The summed E-state index contributed by atoms with van der Waals surface area (Å²) in [6, 6.07) is 15.2. The minimum Gasteiger partial charge on any atom is -0.480 e. The van der Waals surface area contributed by atoms with Gasteiger partial charge in [-0.2, -0.15) is 5.10 Å². The van der Waals surface area contributed by atoms with Crippen LogP contribution in [0.4, 0.5) is 0 Å². The molecule has 1 saturated carbocycles. The molecule has 0 unspecified atom stereocenters. The lowest BCUT2D eigenvalue weighted by Gasteiger charge is -2.26. The number of rotatable bonds is 6. The van der Waals surface area contributed by atoms with Crippen LogP contribution in [0.3, 0.4) is 0 Å². The summed E-state index contributed by atoms with van der Waals surface area (Å²) >= 11 is 0. The van der Waals surface area contributed by atoms with Gasteiger partial charge in [-0.05, 0) is 38.0 Å². The summed E-state index contributed by atoms with van der Waals surface area (Å²) in [5, 5.41) is 13.9. The molecular formula is C26H32N4O3. The molecule has 2 aromatic heterocycles.